The Kier molecular flexibility index (Phi) is 5.02. The minimum absolute atomic E-state index is 0.286. The van der Waals surface area contributed by atoms with Crippen LogP contribution in [0.5, 0.6) is 11.5 Å². The molecule has 0 unspecified atom stereocenters. The third-order valence-electron chi connectivity index (χ3n) is 3.20. The molecule has 0 saturated carbocycles. The Morgan fingerprint density at radius 1 is 0.850 bits per heavy atom. The van der Waals surface area contributed by atoms with Crippen LogP contribution in [-0.2, 0) is 4.74 Å². The van der Waals surface area contributed by atoms with E-state index >= 15 is 0 Å². The van der Waals surface area contributed by atoms with Crippen LogP contribution >= 0.6 is 0 Å². The predicted molar refractivity (Wildman–Crippen MR) is 79.2 cm³/mol. The molecule has 20 heavy (non-hydrogen) atoms. The smallest absolute Gasteiger partial charge is 0.115 e. The van der Waals surface area contributed by atoms with E-state index in [4.69, 9.17) is 0 Å². The van der Waals surface area contributed by atoms with E-state index in [9.17, 15) is 10.2 Å². The first-order valence-electron chi connectivity index (χ1n) is 6.86. The molecule has 2 aromatic rings. The fraction of sp³-hybridized carbons (Fsp3) is 0.294. The maximum absolute atomic E-state index is 9.29. The van der Waals surface area contributed by atoms with Crippen LogP contribution < -0.4 is 0 Å². The first-order chi connectivity index (χ1) is 9.70. The van der Waals surface area contributed by atoms with Gasteiger partial charge < -0.3 is 14.9 Å². The second kappa shape index (κ2) is 6.96. The molecule has 2 aromatic carbocycles. The average Bonchev–Trinajstić information content (AvgIpc) is 3.32. The van der Waals surface area contributed by atoms with Crippen molar-refractivity contribution in [3.63, 3.8) is 0 Å². The van der Waals surface area contributed by atoms with E-state index in [-0.39, 0.29) is 11.5 Å². The third kappa shape index (κ3) is 4.28. The molecule has 0 aromatic heterocycles. The van der Waals surface area contributed by atoms with Crippen LogP contribution in [0.15, 0.2) is 48.5 Å². The van der Waals surface area contributed by atoms with Crippen molar-refractivity contribution >= 4 is 0 Å². The molecule has 2 N–H and O–H groups in total. The van der Waals surface area contributed by atoms with Crippen LogP contribution in [-0.4, -0.2) is 23.4 Å². The van der Waals surface area contributed by atoms with Crippen molar-refractivity contribution in [1.29, 1.82) is 0 Å². The van der Waals surface area contributed by atoms with Gasteiger partial charge in [-0.3, -0.25) is 0 Å². The van der Waals surface area contributed by atoms with Crippen molar-refractivity contribution in [2.75, 3.05) is 13.2 Å². The van der Waals surface area contributed by atoms with Gasteiger partial charge in [-0.05, 0) is 41.8 Å². The zero-order chi connectivity index (χ0) is 14.4. The van der Waals surface area contributed by atoms with Gasteiger partial charge in [0.15, 0.2) is 0 Å². The normalized spacial score (nSPS) is 12.7. The second-order valence-electron chi connectivity index (χ2n) is 4.76. The summed E-state index contributed by atoms with van der Waals surface area (Å²) in [5.41, 5.74) is 2.35. The van der Waals surface area contributed by atoms with Gasteiger partial charge in [-0.2, -0.15) is 0 Å². The third-order valence-corrected chi connectivity index (χ3v) is 3.20. The summed E-state index contributed by atoms with van der Waals surface area (Å²) in [6, 6.07) is 14.6. The summed E-state index contributed by atoms with van der Waals surface area (Å²) in [4.78, 5) is 0. The Labute approximate surface area is 119 Å². The monoisotopic (exact) mass is 272 g/mol. The van der Waals surface area contributed by atoms with Gasteiger partial charge in [-0.15, -0.1) is 0 Å². The van der Waals surface area contributed by atoms with E-state index < -0.39 is 0 Å². The second-order valence-corrected chi connectivity index (χ2v) is 4.76. The van der Waals surface area contributed by atoms with E-state index in [1.54, 1.807) is 24.3 Å². The summed E-state index contributed by atoms with van der Waals surface area (Å²) < 4.78 is 4.50. The molecule has 106 valence electrons. The molecule has 1 fully saturated rings. The van der Waals surface area contributed by atoms with Crippen molar-refractivity contribution in [2.24, 2.45) is 0 Å². The standard InChI is InChI=1S/C15H16O2.C2H4O/c1-2-15(11-3-7-13(16)8-4-11)12-5-9-14(17)10-6-12;1-2-3-1/h3-10,15-17H,2H2,1H3;1-2H2. The molecule has 1 heterocycles. The highest BCUT2D eigenvalue weighted by molar-refractivity contribution is 5.37. The first-order valence-corrected chi connectivity index (χ1v) is 6.86. The van der Waals surface area contributed by atoms with E-state index in [2.05, 4.69) is 11.7 Å². The largest absolute Gasteiger partial charge is 0.508 e. The quantitative estimate of drug-likeness (QED) is 0.838. The molecule has 3 rings (SSSR count). The van der Waals surface area contributed by atoms with Crippen molar-refractivity contribution in [2.45, 2.75) is 19.3 Å². The fourth-order valence-electron chi connectivity index (χ4n) is 2.08. The van der Waals surface area contributed by atoms with Gasteiger partial charge in [0.2, 0.25) is 0 Å². The summed E-state index contributed by atoms with van der Waals surface area (Å²) in [6.45, 7) is 4.13. The highest BCUT2D eigenvalue weighted by atomic mass is 16.6. The van der Waals surface area contributed by atoms with Crippen molar-refractivity contribution in [3.05, 3.63) is 59.7 Å². The molecule has 3 heteroatoms. The number of rotatable bonds is 3. The maximum Gasteiger partial charge on any atom is 0.115 e. The van der Waals surface area contributed by atoms with E-state index in [0.29, 0.717) is 5.92 Å². The number of benzene rings is 2. The Morgan fingerprint density at radius 3 is 1.45 bits per heavy atom. The number of ether oxygens (including phenoxy) is 1. The topological polar surface area (TPSA) is 53.0 Å². The molecule has 0 amide bonds. The van der Waals surface area contributed by atoms with Gasteiger partial charge in [0.1, 0.15) is 11.5 Å². The van der Waals surface area contributed by atoms with Crippen LogP contribution in [0.3, 0.4) is 0 Å². The van der Waals surface area contributed by atoms with Crippen molar-refractivity contribution in [3.8, 4) is 11.5 Å². The lowest BCUT2D eigenvalue weighted by molar-refractivity contribution is 0.474. The molecule has 3 nitrogen and oxygen atoms in total. The molecular weight excluding hydrogens is 252 g/mol. The van der Waals surface area contributed by atoms with Crippen molar-refractivity contribution < 1.29 is 14.9 Å². The number of aromatic hydroxyl groups is 2. The van der Waals surface area contributed by atoms with Gasteiger partial charge >= 0.3 is 0 Å². The minimum atomic E-state index is 0.286. The van der Waals surface area contributed by atoms with Gasteiger partial charge in [0.25, 0.3) is 0 Å². The Morgan fingerprint density at radius 2 is 1.20 bits per heavy atom. The predicted octanol–water partition coefficient (Wildman–Crippen LogP) is 3.66. The average molecular weight is 272 g/mol. The van der Waals surface area contributed by atoms with Gasteiger partial charge in [0, 0.05) is 5.92 Å². The molecule has 1 aliphatic rings. The van der Waals surface area contributed by atoms with Crippen LogP contribution in [0, 0.1) is 0 Å². The molecule has 0 aliphatic carbocycles. The summed E-state index contributed by atoms with van der Waals surface area (Å²) in [7, 11) is 0. The summed E-state index contributed by atoms with van der Waals surface area (Å²) in [5.74, 6) is 0.875. The summed E-state index contributed by atoms with van der Waals surface area (Å²) in [6.07, 6.45) is 0.982. The Balaban J connectivity index is 0.000000432. The van der Waals surface area contributed by atoms with Crippen LogP contribution in [0.4, 0.5) is 0 Å². The van der Waals surface area contributed by atoms with E-state index in [0.717, 1.165) is 19.6 Å². The lowest BCUT2D eigenvalue weighted by Gasteiger charge is -2.16. The lowest BCUT2D eigenvalue weighted by atomic mass is 9.89. The maximum atomic E-state index is 9.29. The highest BCUT2D eigenvalue weighted by Gasteiger charge is 2.11. The van der Waals surface area contributed by atoms with Crippen LogP contribution in [0.1, 0.15) is 30.4 Å². The Bertz CT molecular complexity index is 467. The van der Waals surface area contributed by atoms with Gasteiger partial charge in [0.05, 0.1) is 13.2 Å². The minimum Gasteiger partial charge on any atom is -0.508 e. The van der Waals surface area contributed by atoms with Gasteiger partial charge in [-0.1, -0.05) is 31.2 Å². The molecule has 0 bridgehead atoms. The first kappa shape index (κ1) is 14.4. The number of phenols is 2. The van der Waals surface area contributed by atoms with Crippen molar-refractivity contribution in [1.82, 2.24) is 0 Å². The summed E-state index contributed by atoms with van der Waals surface area (Å²) >= 11 is 0. The molecule has 1 aliphatic heterocycles. The number of hydrogen-bond acceptors (Lipinski definition) is 3. The Hall–Kier alpha value is -2.00. The van der Waals surface area contributed by atoms with E-state index in [1.807, 2.05) is 24.3 Å². The lowest BCUT2D eigenvalue weighted by Crippen LogP contribution is -1.98. The molecular formula is C17H20O3. The molecule has 0 spiro atoms. The highest BCUT2D eigenvalue weighted by Crippen LogP contribution is 2.29. The van der Waals surface area contributed by atoms with Crippen LogP contribution in [0.25, 0.3) is 0 Å². The number of phenolic OH excluding ortho intramolecular Hbond substituents is 2. The zero-order valence-electron chi connectivity index (χ0n) is 11.6. The molecule has 0 radical (unpaired) electrons. The number of epoxide rings is 1. The summed E-state index contributed by atoms with van der Waals surface area (Å²) in [5, 5.41) is 18.6. The SMILES string of the molecule is C1CO1.CCC(c1ccc(O)cc1)c1ccc(O)cc1. The van der Waals surface area contributed by atoms with E-state index in [1.165, 1.54) is 11.1 Å². The zero-order valence-corrected chi connectivity index (χ0v) is 11.6. The fourth-order valence-corrected chi connectivity index (χ4v) is 2.08. The molecule has 1 saturated heterocycles. The number of hydrogen-bond donors (Lipinski definition) is 2. The van der Waals surface area contributed by atoms with Crippen LogP contribution in [0.2, 0.25) is 0 Å². The molecule has 0 atom stereocenters. The van der Waals surface area contributed by atoms with Gasteiger partial charge in [-0.25, -0.2) is 0 Å².